The minimum atomic E-state index is -0.265. The monoisotopic (exact) mass is 294 g/mol. The van der Waals surface area contributed by atoms with Gasteiger partial charge < -0.3 is 0 Å². The number of carbonyl (C=O) groups excluding carboxylic acids is 2. The number of hydrogen-bond acceptors (Lipinski definition) is 4. The van der Waals surface area contributed by atoms with Crippen molar-refractivity contribution in [1.29, 1.82) is 0 Å². The molecule has 2 aromatic heterocycles. The second-order valence-electron chi connectivity index (χ2n) is 4.87. The fourth-order valence-corrected chi connectivity index (χ4v) is 3.56. The highest BCUT2D eigenvalue weighted by molar-refractivity contribution is 7.17. The number of fused-ring (bicyclic) bond motifs is 2. The first-order valence-corrected chi connectivity index (χ1v) is 7.39. The van der Waals surface area contributed by atoms with Gasteiger partial charge in [-0.3, -0.25) is 19.5 Å². The lowest BCUT2D eigenvalue weighted by Gasteiger charge is -2.13. The Bertz CT molecular complexity index is 850. The zero-order valence-electron chi connectivity index (χ0n) is 10.9. The Morgan fingerprint density at radius 3 is 2.71 bits per heavy atom. The summed E-state index contributed by atoms with van der Waals surface area (Å²) < 4.78 is 1.16. The molecular formula is C16H10N2O2S. The number of thiophene rings is 1. The Hall–Kier alpha value is -2.53. The lowest BCUT2D eigenvalue weighted by Crippen LogP contribution is -2.28. The van der Waals surface area contributed by atoms with Crippen molar-refractivity contribution in [2.45, 2.75) is 6.54 Å². The van der Waals surface area contributed by atoms with Gasteiger partial charge >= 0.3 is 0 Å². The van der Waals surface area contributed by atoms with Crippen molar-refractivity contribution in [3.63, 3.8) is 0 Å². The molecule has 2 amide bonds. The van der Waals surface area contributed by atoms with Gasteiger partial charge in [0.2, 0.25) is 0 Å². The first-order valence-electron chi connectivity index (χ1n) is 6.51. The molecule has 5 heteroatoms. The molecule has 0 atom stereocenters. The topological polar surface area (TPSA) is 50.3 Å². The largest absolute Gasteiger partial charge is 0.270 e. The lowest BCUT2D eigenvalue weighted by molar-refractivity contribution is 0.0643. The van der Waals surface area contributed by atoms with Gasteiger partial charge in [-0.15, -0.1) is 11.3 Å². The smallest absolute Gasteiger partial charge is 0.263 e. The van der Waals surface area contributed by atoms with E-state index in [0.717, 1.165) is 15.6 Å². The Morgan fingerprint density at radius 2 is 1.86 bits per heavy atom. The van der Waals surface area contributed by atoms with Crippen molar-refractivity contribution in [3.8, 4) is 0 Å². The first-order chi connectivity index (χ1) is 10.3. The average Bonchev–Trinajstić information content (AvgIpc) is 3.04. The van der Waals surface area contributed by atoms with E-state index in [2.05, 4.69) is 4.98 Å². The molecule has 4 nitrogen and oxygen atoms in total. The van der Waals surface area contributed by atoms with Crippen LogP contribution in [0.4, 0.5) is 0 Å². The minimum Gasteiger partial charge on any atom is -0.270 e. The molecule has 0 bridgehead atoms. The van der Waals surface area contributed by atoms with Gasteiger partial charge in [0, 0.05) is 17.1 Å². The van der Waals surface area contributed by atoms with E-state index in [1.807, 2.05) is 29.6 Å². The highest BCUT2D eigenvalue weighted by Gasteiger charge is 2.35. The van der Waals surface area contributed by atoms with Gasteiger partial charge in [0.1, 0.15) is 0 Å². The van der Waals surface area contributed by atoms with Gasteiger partial charge in [-0.2, -0.15) is 0 Å². The number of amides is 2. The van der Waals surface area contributed by atoms with Crippen LogP contribution in [0.5, 0.6) is 0 Å². The SMILES string of the molecule is O=C1c2ccncc2C(=O)N1Cc1csc2ccccc12. The molecule has 1 aromatic carbocycles. The van der Waals surface area contributed by atoms with Crippen LogP contribution >= 0.6 is 11.3 Å². The van der Waals surface area contributed by atoms with E-state index in [0.29, 0.717) is 17.7 Å². The molecule has 0 fully saturated rings. The van der Waals surface area contributed by atoms with E-state index in [4.69, 9.17) is 0 Å². The van der Waals surface area contributed by atoms with Crippen LogP contribution in [0, 0.1) is 0 Å². The number of benzene rings is 1. The molecule has 0 N–H and O–H groups in total. The van der Waals surface area contributed by atoms with Crippen molar-refractivity contribution in [2.24, 2.45) is 0 Å². The maximum atomic E-state index is 12.4. The third-order valence-electron chi connectivity index (χ3n) is 3.66. The van der Waals surface area contributed by atoms with Crippen LogP contribution in [0.15, 0.2) is 48.1 Å². The van der Waals surface area contributed by atoms with E-state index < -0.39 is 0 Å². The maximum Gasteiger partial charge on any atom is 0.263 e. The van der Waals surface area contributed by atoms with Crippen molar-refractivity contribution in [2.75, 3.05) is 0 Å². The van der Waals surface area contributed by atoms with Crippen LogP contribution < -0.4 is 0 Å². The summed E-state index contributed by atoms with van der Waals surface area (Å²) in [7, 11) is 0. The molecule has 0 spiro atoms. The minimum absolute atomic E-state index is 0.243. The fraction of sp³-hybridized carbons (Fsp3) is 0.0625. The summed E-state index contributed by atoms with van der Waals surface area (Å²) in [4.78, 5) is 29.9. The summed E-state index contributed by atoms with van der Waals surface area (Å²) in [5, 5.41) is 3.10. The third kappa shape index (κ3) is 1.78. The number of aromatic nitrogens is 1. The van der Waals surface area contributed by atoms with Crippen LogP contribution in [-0.2, 0) is 6.54 Å². The summed E-state index contributed by atoms with van der Waals surface area (Å²) in [5.41, 5.74) is 1.83. The number of nitrogens with zero attached hydrogens (tertiary/aromatic N) is 2. The highest BCUT2D eigenvalue weighted by atomic mass is 32.1. The van der Waals surface area contributed by atoms with Crippen molar-refractivity contribution in [1.82, 2.24) is 9.88 Å². The van der Waals surface area contributed by atoms with Crippen LogP contribution in [0.25, 0.3) is 10.1 Å². The Kier molecular flexibility index (Phi) is 2.62. The molecule has 21 heavy (non-hydrogen) atoms. The number of hydrogen-bond donors (Lipinski definition) is 0. The molecule has 3 heterocycles. The Labute approximate surface area is 124 Å². The summed E-state index contributed by atoms with van der Waals surface area (Å²) in [6, 6.07) is 9.60. The third-order valence-corrected chi connectivity index (χ3v) is 4.67. The van der Waals surface area contributed by atoms with Crippen LogP contribution in [-0.4, -0.2) is 21.7 Å². The van der Waals surface area contributed by atoms with Gasteiger partial charge in [0.05, 0.1) is 17.7 Å². The van der Waals surface area contributed by atoms with Gasteiger partial charge in [-0.1, -0.05) is 18.2 Å². The van der Waals surface area contributed by atoms with Crippen LogP contribution in [0.1, 0.15) is 26.3 Å². The molecule has 3 aromatic rings. The summed E-state index contributed by atoms with van der Waals surface area (Å²) in [5.74, 6) is -0.508. The second kappa shape index (κ2) is 4.49. The lowest BCUT2D eigenvalue weighted by atomic mass is 10.1. The zero-order valence-corrected chi connectivity index (χ0v) is 11.8. The van der Waals surface area contributed by atoms with Gasteiger partial charge in [-0.05, 0) is 28.5 Å². The van der Waals surface area contributed by atoms with E-state index >= 15 is 0 Å². The summed E-state index contributed by atoms with van der Waals surface area (Å²) in [6.07, 6.45) is 2.99. The van der Waals surface area contributed by atoms with Crippen LogP contribution in [0.2, 0.25) is 0 Å². The van der Waals surface area contributed by atoms with Crippen molar-refractivity contribution >= 4 is 33.2 Å². The van der Waals surface area contributed by atoms with E-state index in [9.17, 15) is 9.59 Å². The molecule has 1 aliphatic rings. The molecule has 0 unspecified atom stereocenters. The van der Waals surface area contributed by atoms with Crippen LogP contribution in [0.3, 0.4) is 0 Å². The summed E-state index contributed by atoms with van der Waals surface area (Å²) >= 11 is 1.62. The second-order valence-corrected chi connectivity index (χ2v) is 5.79. The number of imide groups is 1. The Balaban J connectivity index is 1.73. The summed E-state index contributed by atoms with van der Waals surface area (Å²) in [6.45, 7) is 0.302. The number of rotatable bonds is 2. The van der Waals surface area contributed by atoms with E-state index in [1.165, 1.54) is 17.3 Å². The standard InChI is InChI=1S/C16H10N2O2S/c19-15-12-5-6-17-7-13(12)16(20)18(15)8-10-9-21-14-4-2-1-3-11(10)14/h1-7,9H,8H2. The van der Waals surface area contributed by atoms with Crippen molar-refractivity contribution in [3.05, 3.63) is 64.8 Å². The number of pyridine rings is 1. The molecule has 0 saturated carbocycles. The first kappa shape index (κ1) is 12.2. The predicted octanol–water partition coefficient (Wildman–Crippen LogP) is 3.09. The van der Waals surface area contributed by atoms with Gasteiger partial charge in [0.25, 0.3) is 11.8 Å². The zero-order chi connectivity index (χ0) is 14.4. The maximum absolute atomic E-state index is 12.4. The van der Waals surface area contributed by atoms with Gasteiger partial charge in [0.15, 0.2) is 0 Å². The normalized spacial score (nSPS) is 14.0. The Morgan fingerprint density at radius 1 is 1.05 bits per heavy atom. The predicted molar refractivity (Wildman–Crippen MR) is 80.3 cm³/mol. The molecule has 4 rings (SSSR count). The van der Waals surface area contributed by atoms with Crippen molar-refractivity contribution < 1.29 is 9.59 Å². The molecule has 0 aliphatic carbocycles. The molecule has 0 radical (unpaired) electrons. The molecular weight excluding hydrogens is 284 g/mol. The molecule has 102 valence electrons. The highest BCUT2D eigenvalue weighted by Crippen LogP contribution is 2.29. The quantitative estimate of drug-likeness (QED) is 0.682. The van der Waals surface area contributed by atoms with E-state index in [1.54, 1.807) is 17.4 Å². The fourth-order valence-electron chi connectivity index (χ4n) is 2.60. The number of carbonyl (C=O) groups is 2. The van der Waals surface area contributed by atoms with E-state index in [-0.39, 0.29) is 11.8 Å². The average molecular weight is 294 g/mol. The molecule has 1 aliphatic heterocycles. The van der Waals surface area contributed by atoms with Gasteiger partial charge in [-0.25, -0.2) is 0 Å². The molecule has 0 saturated heterocycles.